The second kappa shape index (κ2) is 16.0. The molecule has 0 spiro atoms. The molecule has 19 heavy (non-hydrogen) atoms. The summed E-state index contributed by atoms with van der Waals surface area (Å²) in [5.74, 6) is 0. The number of unbranched alkanes of at least 4 members (excludes halogenated alkanes) is 1. The Kier molecular flexibility index (Phi) is 17.8. The first kappa shape index (κ1) is 21.2. The molecule has 1 aliphatic rings. The van der Waals surface area contributed by atoms with Gasteiger partial charge in [0, 0.05) is 6.04 Å². The molecule has 1 aliphatic heterocycles. The Morgan fingerprint density at radius 2 is 1.42 bits per heavy atom. The van der Waals surface area contributed by atoms with E-state index in [0.717, 1.165) is 6.04 Å². The lowest BCUT2D eigenvalue weighted by molar-refractivity contribution is 0.119. The fourth-order valence-corrected chi connectivity index (χ4v) is 2.49. The fraction of sp³-hybridized carbons (Fsp3) is 1.00. The summed E-state index contributed by atoms with van der Waals surface area (Å²) < 4.78 is 0. The van der Waals surface area contributed by atoms with Crippen molar-refractivity contribution in [2.24, 2.45) is 0 Å². The lowest BCUT2D eigenvalue weighted by Crippen LogP contribution is -2.44. The lowest BCUT2D eigenvalue weighted by atomic mass is 10.0. The number of hydrogen-bond acceptors (Lipinski definition) is 2. The van der Waals surface area contributed by atoms with Gasteiger partial charge in [0.25, 0.3) is 0 Å². The van der Waals surface area contributed by atoms with Crippen molar-refractivity contribution in [2.45, 2.75) is 79.7 Å². The third-order valence-electron chi connectivity index (χ3n) is 3.51. The van der Waals surface area contributed by atoms with Crippen LogP contribution in [0.15, 0.2) is 0 Å². The van der Waals surface area contributed by atoms with E-state index >= 15 is 0 Å². The van der Waals surface area contributed by atoms with E-state index in [2.05, 4.69) is 30.7 Å². The van der Waals surface area contributed by atoms with Gasteiger partial charge in [-0.25, -0.2) is 0 Å². The quantitative estimate of drug-likeness (QED) is 0.694. The van der Waals surface area contributed by atoms with Gasteiger partial charge in [0.1, 0.15) is 0 Å². The van der Waals surface area contributed by atoms with Gasteiger partial charge in [-0.3, -0.25) is 0 Å². The van der Waals surface area contributed by atoms with Crippen molar-refractivity contribution in [3.8, 4) is 0 Å². The highest BCUT2D eigenvalue weighted by Gasteiger charge is 2.21. The highest BCUT2D eigenvalue weighted by molar-refractivity contribution is 4.78. The van der Waals surface area contributed by atoms with E-state index in [1.54, 1.807) is 0 Å². The molecule has 2 heteroatoms. The van der Waals surface area contributed by atoms with Gasteiger partial charge in [-0.2, -0.15) is 0 Å². The molecule has 118 valence electrons. The largest absolute Gasteiger partial charge is 0.306 e. The molecule has 1 saturated heterocycles. The molecule has 0 amide bonds. The van der Waals surface area contributed by atoms with E-state index in [-0.39, 0.29) is 0 Å². The highest BCUT2D eigenvalue weighted by Crippen LogP contribution is 2.16. The summed E-state index contributed by atoms with van der Waals surface area (Å²) in [6.07, 6.45) is 6.75. The molecule has 2 nitrogen and oxygen atoms in total. The second-order valence-electron chi connectivity index (χ2n) is 4.92. The van der Waals surface area contributed by atoms with Crippen LogP contribution in [0.4, 0.5) is 0 Å². The summed E-state index contributed by atoms with van der Waals surface area (Å²) in [4.78, 5) is 5.19. The zero-order valence-corrected chi connectivity index (χ0v) is 14.8. The Labute approximate surface area is 123 Å². The van der Waals surface area contributed by atoms with Crippen molar-refractivity contribution < 1.29 is 0 Å². The third-order valence-corrected chi connectivity index (χ3v) is 3.51. The van der Waals surface area contributed by atoms with Crippen molar-refractivity contribution in [2.75, 3.05) is 33.2 Å². The van der Waals surface area contributed by atoms with Gasteiger partial charge in [-0.05, 0) is 58.9 Å². The number of rotatable bonds is 6. The van der Waals surface area contributed by atoms with Crippen molar-refractivity contribution >= 4 is 0 Å². The van der Waals surface area contributed by atoms with Crippen LogP contribution in [0.5, 0.6) is 0 Å². The lowest BCUT2D eigenvalue weighted by Gasteiger charge is -2.37. The van der Waals surface area contributed by atoms with E-state index in [4.69, 9.17) is 0 Å². The van der Waals surface area contributed by atoms with E-state index < -0.39 is 0 Å². The summed E-state index contributed by atoms with van der Waals surface area (Å²) >= 11 is 0. The Morgan fingerprint density at radius 3 is 1.84 bits per heavy atom. The summed E-state index contributed by atoms with van der Waals surface area (Å²) in [6.45, 7) is 17.8. The smallest absolute Gasteiger partial charge is 0.0120 e. The maximum Gasteiger partial charge on any atom is 0.0120 e. The second-order valence-corrected chi connectivity index (χ2v) is 4.92. The Balaban J connectivity index is 0. The molecular weight excluding hydrogens is 232 g/mol. The van der Waals surface area contributed by atoms with Crippen molar-refractivity contribution in [3.63, 3.8) is 0 Å². The molecule has 0 N–H and O–H groups in total. The first-order valence-corrected chi connectivity index (χ1v) is 8.70. The van der Waals surface area contributed by atoms with Crippen LogP contribution >= 0.6 is 0 Å². The topological polar surface area (TPSA) is 6.48 Å². The maximum atomic E-state index is 2.73. The minimum atomic E-state index is 0.868. The Bertz CT molecular complexity index is 151. The Morgan fingerprint density at radius 1 is 0.895 bits per heavy atom. The van der Waals surface area contributed by atoms with Gasteiger partial charge in [-0.1, -0.05) is 48.0 Å². The predicted octanol–water partition coefficient (Wildman–Crippen LogP) is 4.65. The molecule has 1 rings (SSSR count). The first-order chi connectivity index (χ1) is 9.27. The average molecular weight is 273 g/mol. The van der Waals surface area contributed by atoms with Crippen LogP contribution < -0.4 is 0 Å². The maximum absolute atomic E-state index is 2.73. The molecular formula is C17H40N2. The van der Waals surface area contributed by atoms with Crippen molar-refractivity contribution in [1.29, 1.82) is 0 Å². The summed E-state index contributed by atoms with van der Waals surface area (Å²) in [5.41, 5.74) is 0. The van der Waals surface area contributed by atoms with E-state index in [1.165, 1.54) is 58.3 Å². The monoisotopic (exact) mass is 272 g/mol. The molecule has 0 atom stereocenters. The minimum absolute atomic E-state index is 0.868. The SMILES string of the molecule is CC.CC.CCCCN(CCC)C1CCN(C)CC1. The van der Waals surface area contributed by atoms with Gasteiger partial charge in [-0.15, -0.1) is 0 Å². The number of hydrogen-bond donors (Lipinski definition) is 0. The molecule has 0 aromatic rings. The van der Waals surface area contributed by atoms with Gasteiger partial charge >= 0.3 is 0 Å². The standard InChI is InChI=1S/C13H28N2.2C2H6/c1-4-6-10-15(9-5-2)13-7-11-14(3)12-8-13;2*1-2/h13H,4-12H2,1-3H3;2*1-2H3. The van der Waals surface area contributed by atoms with E-state index in [0.29, 0.717) is 0 Å². The molecule has 0 aromatic heterocycles. The molecule has 0 bridgehead atoms. The normalized spacial score (nSPS) is 16.4. The predicted molar refractivity (Wildman–Crippen MR) is 90.0 cm³/mol. The van der Waals surface area contributed by atoms with Crippen LogP contribution in [-0.2, 0) is 0 Å². The highest BCUT2D eigenvalue weighted by atomic mass is 15.2. The fourth-order valence-electron chi connectivity index (χ4n) is 2.49. The molecule has 1 heterocycles. The molecule has 1 fully saturated rings. The Hall–Kier alpha value is -0.0800. The number of piperidine rings is 1. The van der Waals surface area contributed by atoms with Crippen molar-refractivity contribution in [3.05, 3.63) is 0 Å². The molecule has 0 aromatic carbocycles. The third kappa shape index (κ3) is 10.4. The van der Waals surface area contributed by atoms with Gasteiger partial charge in [0.2, 0.25) is 0 Å². The first-order valence-electron chi connectivity index (χ1n) is 8.70. The average Bonchev–Trinajstić information content (AvgIpc) is 2.49. The van der Waals surface area contributed by atoms with Crippen LogP contribution in [-0.4, -0.2) is 49.1 Å². The van der Waals surface area contributed by atoms with E-state index in [9.17, 15) is 0 Å². The molecule has 0 saturated carbocycles. The summed E-state index contributed by atoms with van der Waals surface area (Å²) in [5, 5.41) is 0. The van der Waals surface area contributed by atoms with Gasteiger partial charge in [0.15, 0.2) is 0 Å². The number of nitrogens with zero attached hydrogens (tertiary/aromatic N) is 2. The molecule has 0 aliphatic carbocycles. The van der Waals surface area contributed by atoms with Crippen LogP contribution in [0.2, 0.25) is 0 Å². The van der Waals surface area contributed by atoms with Gasteiger partial charge < -0.3 is 9.80 Å². The zero-order valence-electron chi connectivity index (χ0n) is 14.8. The molecule has 0 unspecified atom stereocenters. The zero-order chi connectivity index (χ0) is 15.1. The van der Waals surface area contributed by atoms with Gasteiger partial charge in [0.05, 0.1) is 0 Å². The number of likely N-dealkylation sites (tertiary alicyclic amines) is 1. The van der Waals surface area contributed by atoms with Crippen molar-refractivity contribution in [1.82, 2.24) is 9.80 Å². The van der Waals surface area contributed by atoms with Crippen LogP contribution in [0.25, 0.3) is 0 Å². The minimum Gasteiger partial charge on any atom is -0.306 e. The summed E-state index contributed by atoms with van der Waals surface area (Å²) in [7, 11) is 2.24. The van der Waals surface area contributed by atoms with E-state index in [1.807, 2.05) is 27.7 Å². The molecule has 0 radical (unpaired) electrons. The van der Waals surface area contributed by atoms with Crippen LogP contribution in [0.3, 0.4) is 0 Å². The van der Waals surface area contributed by atoms with Crippen LogP contribution in [0.1, 0.15) is 73.6 Å². The summed E-state index contributed by atoms with van der Waals surface area (Å²) in [6, 6.07) is 0.868. The van der Waals surface area contributed by atoms with Crippen LogP contribution in [0, 0.1) is 0 Å².